The molecule has 1 fully saturated rings. The van der Waals surface area contributed by atoms with Crippen LogP contribution in [-0.2, 0) is 5.41 Å². The quantitative estimate of drug-likeness (QED) is 0.171. The van der Waals surface area contributed by atoms with E-state index in [0.717, 1.165) is 57.3 Å². The van der Waals surface area contributed by atoms with Crippen LogP contribution in [0.25, 0.3) is 78.7 Å². The Morgan fingerprint density at radius 3 is 1.68 bits per heavy atom. The Bertz CT molecular complexity index is 2760. The normalized spacial score (nSPS) is 13.8. The van der Waals surface area contributed by atoms with Crippen molar-refractivity contribution in [3.63, 3.8) is 0 Å². The monoisotopic (exact) mass is 719 g/mol. The van der Waals surface area contributed by atoms with Crippen molar-refractivity contribution in [2.75, 3.05) is 0 Å². The predicted octanol–water partition coefficient (Wildman–Crippen LogP) is 12.4. The Labute approximate surface area is 327 Å². The summed E-state index contributed by atoms with van der Waals surface area (Å²) in [4.78, 5) is 19.2. The van der Waals surface area contributed by atoms with E-state index in [2.05, 4.69) is 120 Å². The molecular weight excluding hydrogens is 683 g/mol. The summed E-state index contributed by atoms with van der Waals surface area (Å²) in [6.45, 7) is 0. The number of rotatable bonds is 6. The topological polar surface area (TPSA) is 75.3 Å². The summed E-state index contributed by atoms with van der Waals surface area (Å²) >= 11 is 0. The fourth-order valence-corrected chi connectivity index (χ4v) is 8.84. The summed E-state index contributed by atoms with van der Waals surface area (Å²) in [6, 6.07) is 55.4. The first kappa shape index (κ1) is 33.5. The smallest absolute Gasteiger partial charge is 0.164 e. The van der Waals surface area contributed by atoms with Gasteiger partial charge < -0.3 is 0 Å². The maximum absolute atomic E-state index is 9.68. The van der Waals surface area contributed by atoms with Crippen molar-refractivity contribution in [1.82, 2.24) is 19.9 Å². The summed E-state index contributed by atoms with van der Waals surface area (Å²) in [5, 5.41) is 9.68. The SMILES string of the molecule is N#Cc1ccc2c(c1)-c1ccc(-c3ccc(-c4cccc(-c5nc(-c6ccccc6)nc(-c6ccc(-c7cccnc7)cc6)n5)c4)cc3)cc1C21CCCCC1. The summed E-state index contributed by atoms with van der Waals surface area (Å²) in [5.41, 5.74) is 15.7. The first-order chi connectivity index (χ1) is 27.6. The van der Waals surface area contributed by atoms with Crippen LogP contribution in [0.2, 0.25) is 0 Å². The van der Waals surface area contributed by atoms with Crippen LogP contribution in [0.4, 0.5) is 0 Å². The van der Waals surface area contributed by atoms with Crippen LogP contribution in [-0.4, -0.2) is 19.9 Å². The molecule has 56 heavy (non-hydrogen) atoms. The van der Waals surface area contributed by atoms with Crippen molar-refractivity contribution in [2.24, 2.45) is 0 Å². The van der Waals surface area contributed by atoms with Crippen molar-refractivity contribution >= 4 is 0 Å². The second kappa shape index (κ2) is 14.0. The molecule has 5 nitrogen and oxygen atoms in total. The largest absolute Gasteiger partial charge is 0.264 e. The molecule has 2 heterocycles. The third-order valence-corrected chi connectivity index (χ3v) is 11.7. The van der Waals surface area contributed by atoms with E-state index in [1.165, 1.54) is 52.6 Å². The van der Waals surface area contributed by atoms with Crippen LogP contribution in [0.3, 0.4) is 0 Å². The third kappa shape index (κ3) is 5.97. The van der Waals surface area contributed by atoms with E-state index in [4.69, 9.17) is 15.0 Å². The second-order valence-corrected chi connectivity index (χ2v) is 14.9. The lowest BCUT2D eigenvalue weighted by Crippen LogP contribution is -2.28. The van der Waals surface area contributed by atoms with Gasteiger partial charge in [0.1, 0.15) is 0 Å². The number of hydrogen-bond acceptors (Lipinski definition) is 5. The number of nitrogens with zero attached hydrogens (tertiary/aromatic N) is 5. The van der Waals surface area contributed by atoms with Crippen LogP contribution >= 0.6 is 0 Å². The lowest BCUT2D eigenvalue weighted by atomic mass is 9.67. The van der Waals surface area contributed by atoms with Gasteiger partial charge >= 0.3 is 0 Å². The standard InChI is InChI=1S/C51H37N5/c52-32-34-14-25-46-45(29-34)44-24-23-41(31-47(44)51(46)26-5-2-6-27-51)36-17-15-35(16-18-36)40-11-7-12-42(30-40)50-55-48(38-9-3-1-4-10-38)54-49(56-50)39-21-19-37(20-22-39)43-13-8-28-53-33-43/h1,3-4,7-25,28-31,33H,2,5-6,26-27H2. The maximum Gasteiger partial charge on any atom is 0.164 e. The van der Waals surface area contributed by atoms with Crippen LogP contribution in [0.15, 0.2) is 164 Å². The molecule has 0 amide bonds. The van der Waals surface area contributed by atoms with Gasteiger partial charge in [0, 0.05) is 34.5 Å². The van der Waals surface area contributed by atoms with Gasteiger partial charge in [-0.15, -0.1) is 0 Å². The number of aromatic nitrogens is 4. The predicted molar refractivity (Wildman–Crippen MR) is 224 cm³/mol. The minimum absolute atomic E-state index is 0.0336. The zero-order valence-electron chi connectivity index (χ0n) is 30.9. The van der Waals surface area contributed by atoms with Crippen molar-refractivity contribution in [3.8, 4) is 84.7 Å². The Morgan fingerprint density at radius 2 is 1.00 bits per heavy atom. The van der Waals surface area contributed by atoms with Gasteiger partial charge in [0.2, 0.25) is 0 Å². The van der Waals surface area contributed by atoms with Crippen LogP contribution in [0.1, 0.15) is 48.8 Å². The molecule has 6 aromatic carbocycles. The maximum atomic E-state index is 9.68. The number of nitriles is 1. The number of pyridine rings is 1. The fourth-order valence-electron chi connectivity index (χ4n) is 8.84. The van der Waals surface area contributed by atoms with Gasteiger partial charge in [0.15, 0.2) is 17.5 Å². The molecule has 0 unspecified atom stereocenters. The van der Waals surface area contributed by atoms with Crippen molar-refractivity contribution in [3.05, 3.63) is 181 Å². The number of benzene rings is 6. The number of fused-ring (bicyclic) bond motifs is 5. The summed E-state index contributed by atoms with van der Waals surface area (Å²) in [7, 11) is 0. The zero-order chi connectivity index (χ0) is 37.5. The second-order valence-electron chi connectivity index (χ2n) is 14.9. The van der Waals surface area contributed by atoms with Crippen molar-refractivity contribution < 1.29 is 0 Å². The van der Waals surface area contributed by atoms with E-state index in [0.29, 0.717) is 17.5 Å². The summed E-state index contributed by atoms with van der Waals surface area (Å²) < 4.78 is 0. The van der Waals surface area contributed by atoms with Gasteiger partial charge in [-0.25, -0.2) is 15.0 Å². The Balaban J connectivity index is 0.979. The molecule has 8 aromatic rings. The van der Waals surface area contributed by atoms with Crippen molar-refractivity contribution in [2.45, 2.75) is 37.5 Å². The molecule has 266 valence electrons. The van der Waals surface area contributed by atoms with E-state index in [1.807, 2.05) is 48.7 Å². The average Bonchev–Trinajstić information content (AvgIpc) is 3.54. The summed E-state index contributed by atoms with van der Waals surface area (Å²) in [5.74, 6) is 1.88. The molecule has 5 heteroatoms. The van der Waals surface area contributed by atoms with Gasteiger partial charge in [-0.1, -0.05) is 141 Å². The molecule has 0 saturated heterocycles. The molecule has 0 N–H and O–H groups in total. The van der Waals surface area contributed by atoms with E-state index in [9.17, 15) is 5.26 Å². The molecule has 1 spiro atoms. The molecule has 1 saturated carbocycles. The molecule has 10 rings (SSSR count). The van der Waals surface area contributed by atoms with Gasteiger partial charge in [-0.05, 0) is 98.8 Å². The van der Waals surface area contributed by atoms with Crippen LogP contribution < -0.4 is 0 Å². The molecule has 0 bridgehead atoms. The molecule has 2 aliphatic rings. The molecule has 0 radical (unpaired) electrons. The number of hydrogen-bond donors (Lipinski definition) is 0. The van der Waals surface area contributed by atoms with E-state index in [1.54, 1.807) is 6.20 Å². The Morgan fingerprint density at radius 1 is 0.429 bits per heavy atom. The van der Waals surface area contributed by atoms with Crippen LogP contribution in [0.5, 0.6) is 0 Å². The highest BCUT2D eigenvalue weighted by molar-refractivity contribution is 5.85. The Hall–Kier alpha value is -7.03. The highest BCUT2D eigenvalue weighted by atomic mass is 15.0. The first-order valence-corrected chi connectivity index (χ1v) is 19.4. The minimum Gasteiger partial charge on any atom is -0.264 e. The van der Waals surface area contributed by atoms with Gasteiger partial charge in [0.05, 0.1) is 11.6 Å². The molecule has 0 atom stereocenters. The molecule has 0 aliphatic heterocycles. The van der Waals surface area contributed by atoms with Gasteiger partial charge in [0.25, 0.3) is 0 Å². The van der Waals surface area contributed by atoms with Gasteiger partial charge in [-0.2, -0.15) is 5.26 Å². The first-order valence-electron chi connectivity index (χ1n) is 19.4. The molecule has 2 aliphatic carbocycles. The Kier molecular flexibility index (Phi) is 8.38. The molecule has 2 aromatic heterocycles. The van der Waals surface area contributed by atoms with E-state index >= 15 is 0 Å². The summed E-state index contributed by atoms with van der Waals surface area (Å²) in [6.07, 6.45) is 9.72. The third-order valence-electron chi connectivity index (χ3n) is 11.7. The van der Waals surface area contributed by atoms with Gasteiger partial charge in [-0.3, -0.25) is 4.98 Å². The lowest BCUT2D eigenvalue weighted by Gasteiger charge is -2.36. The zero-order valence-corrected chi connectivity index (χ0v) is 30.9. The minimum atomic E-state index is 0.0336. The highest BCUT2D eigenvalue weighted by Gasteiger charge is 2.43. The lowest BCUT2D eigenvalue weighted by molar-refractivity contribution is 0.353. The highest BCUT2D eigenvalue weighted by Crippen LogP contribution is 2.56. The van der Waals surface area contributed by atoms with Crippen molar-refractivity contribution in [1.29, 1.82) is 5.26 Å². The van der Waals surface area contributed by atoms with E-state index in [-0.39, 0.29) is 5.41 Å². The molecular formula is C51H37N5. The fraction of sp³-hybridized carbons (Fsp3) is 0.118. The van der Waals surface area contributed by atoms with E-state index < -0.39 is 0 Å². The van der Waals surface area contributed by atoms with Crippen LogP contribution in [0, 0.1) is 11.3 Å². The average molecular weight is 720 g/mol.